The second-order valence-corrected chi connectivity index (χ2v) is 7.23. The molecule has 1 N–H and O–H groups in total. The minimum absolute atomic E-state index is 0.252. The number of amides is 1. The number of carbonyl (C=O) groups is 1. The highest BCUT2D eigenvalue weighted by Crippen LogP contribution is 2.26. The molecule has 2 aromatic rings. The summed E-state index contributed by atoms with van der Waals surface area (Å²) in [6, 6.07) is 8.91. The van der Waals surface area contributed by atoms with Gasteiger partial charge in [-0.1, -0.05) is 31.5 Å². The molecule has 0 spiro atoms. The number of anilines is 1. The van der Waals surface area contributed by atoms with Crippen molar-refractivity contribution in [2.45, 2.75) is 19.8 Å². The monoisotopic (exact) mass is 335 g/mol. The van der Waals surface area contributed by atoms with E-state index in [1.807, 2.05) is 19.1 Å². The molecular weight excluding hydrogens is 314 g/mol. The largest absolute Gasteiger partial charge is 0.355 e. The van der Waals surface area contributed by atoms with E-state index in [0.717, 1.165) is 28.8 Å². The average molecular weight is 335 g/mol. The maximum Gasteiger partial charge on any atom is 0.240 e. The number of hydrogen-bond acceptors (Lipinski definition) is 4. The highest BCUT2D eigenvalue weighted by atomic mass is 32.2. The van der Waals surface area contributed by atoms with Crippen LogP contribution in [0.15, 0.2) is 36.5 Å². The quantitative estimate of drug-likeness (QED) is 0.784. The Kier molecular flexibility index (Phi) is 5.54. The lowest BCUT2D eigenvalue weighted by atomic mass is 10.2. The molecule has 2 rings (SSSR count). The van der Waals surface area contributed by atoms with E-state index < -0.39 is 10.0 Å². The molecule has 0 aliphatic rings. The molecule has 0 aliphatic heterocycles. The van der Waals surface area contributed by atoms with Crippen LogP contribution in [0, 0.1) is 0 Å². The zero-order valence-electron chi connectivity index (χ0n) is 13.3. The standard InChI is InChI=1S/C16H21N3O3S/c1-3-4-10-17-15(20)12-19(23(2,21)22)14-9-5-7-13-8-6-11-18-16(13)14/h5-9,11H,3-4,10,12H2,1-2H3,(H,17,20). The molecule has 1 aromatic carbocycles. The topological polar surface area (TPSA) is 79.4 Å². The molecule has 0 unspecified atom stereocenters. The number of hydrogen-bond donors (Lipinski definition) is 1. The fraction of sp³-hybridized carbons (Fsp3) is 0.375. The van der Waals surface area contributed by atoms with Crippen molar-refractivity contribution in [3.8, 4) is 0 Å². The van der Waals surface area contributed by atoms with E-state index >= 15 is 0 Å². The van der Waals surface area contributed by atoms with Crippen LogP contribution in [0.3, 0.4) is 0 Å². The van der Waals surface area contributed by atoms with Gasteiger partial charge in [-0.25, -0.2) is 8.42 Å². The van der Waals surface area contributed by atoms with Crippen molar-refractivity contribution >= 4 is 32.5 Å². The number of fused-ring (bicyclic) bond motifs is 1. The molecule has 1 heterocycles. The Morgan fingerprint density at radius 2 is 2.00 bits per heavy atom. The minimum Gasteiger partial charge on any atom is -0.355 e. The van der Waals surface area contributed by atoms with Crippen molar-refractivity contribution in [1.29, 1.82) is 0 Å². The number of pyridine rings is 1. The van der Waals surface area contributed by atoms with Crippen molar-refractivity contribution in [2.75, 3.05) is 23.7 Å². The van der Waals surface area contributed by atoms with Crippen LogP contribution in [0.25, 0.3) is 10.9 Å². The van der Waals surface area contributed by atoms with Crippen LogP contribution in [0.1, 0.15) is 19.8 Å². The van der Waals surface area contributed by atoms with Gasteiger partial charge in [0, 0.05) is 18.1 Å². The van der Waals surface area contributed by atoms with Crippen LogP contribution in [-0.4, -0.2) is 38.7 Å². The second kappa shape index (κ2) is 7.41. The van der Waals surface area contributed by atoms with Gasteiger partial charge in [0.1, 0.15) is 6.54 Å². The van der Waals surface area contributed by atoms with Gasteiger partial charge in [0.2, 0.25) is 15.9 Å². The highest BCUT2D eigenvalue weighted by molar-refractivity contribution is 7.92. The van der Waals surface area contributed by atoms with Crippen molar-refractivity contribution in [3.05, 3.63) is 36.5 Å². The van der Waals surface area contributed by atoms with Gasteiger partial charge in [0.05, 0.1) is 17.5 Å². The number of sulfonamides is 1. The molecule has 23 heavy (non-hydrogen) atoms. The van der Waals surface area contributed by atoms with E-state index in [1.165, 1.54) is 0 Å². The normalized spacial score (nSPS) is 11.4. The van der Waals surface area contributed by atoms with Crippen molar-refractivity contribution in [1.82, 2.24) is 10.3 Å². The van der Waals surface area contributed by atoms with E-state index in [4.69, 9.17) is 0 Å². The number of unbranched alkanes of at least 4 members (excludes halogenated alkanes) is 1. The van der Waals surface area contributed by atoms with Crippen LogP contribution < -0.4 is 9.62 Å². The Morgan fingerprint density at radius 3 is 2.70 bits per heavy atom. The van der Waals surface area contributed by atoms with Gasteiger partial charge in [-0.15, -0.1) is 0 Å². The predicted octanol–water partition coefficient (Wildman–Crippen LogP) is 1.92. The lowest BCUT2D eigenvalue weighted by Crippen LogP contribution is -2.40. The summed E-state index contributed by atoms with van der Waals surface area (Å²) in [6.07, 6.45) is 4.52. The number of benzene rings is 1. The molecule has 1 aromatic heterocycles. The molecule has 0 saturated carbocycles. The van der Waals surface area contributed by atoms with Gasteiger partial charge < -0.3 is 5.32 Å². The van der Waals surface area contributed by atoms with Gasteiger partial charge in [-0.05, 0) is 18.6 Å². The molecular formula is C16H21N3O3S. The van der Waals surface area contributed by atoms with Crippen molar-refractivity contribution in [2.24, 2.45) is 0 Å². The summed E-state index contributed by atoms with van der Waals surface area (Å²) in [5, 5.41) is 3.56. The maximum atomic E-state index is 12.2. The molecule has 0 atom stereocenters. The van der Waals surface area contributed by atoms with Crippen LogP contribution in [-0.2, 0) is 14.8 Å². The Balaban J connectivity index is 2.34. The van der Waals surface area contributed by atoms with Crippen LogP contribution in [0.5, 0.6) is 0 Å². The third-order valence-electron chi connectivity index (χ3n) is 3.42. The van der Waals surface area contributed by atoms with Gasteiger partial charge in [0.15, 0.2) is 0 Å². The van der Waals surface area contributed by atoms with Crippen LogP contribution in [0.4, 0.5) is 5.69 Å². The lowest BCUT2D eigenvalue weighted by molar-refractivity contribution is -0.119. The smallest absolute Gasteiger partial charge is 0.240 e. The van der Waals surface area contributed by atoms with Crippen LogP contribution in [0.2, 0.25) is 0 Å². The Labute approximate surface area is 136 Å². The van der Waals surface area contributed by atoms with E-state index in [2.05, 4.69) is 10.3 Å². The van der Waals surface area contributed by atoms with E-state index in [1.54, 1.807) is 24.4 Å². The summed E-state index contributed by atoms with van der Waals surface area (Å²) >= 11 is 0. The summed E-state index contributed by atoms with van der Waals surface area (Å²) in [7, 11) is -3.60. The Bertz CT molecular complexity index is 785. The Hall–Kier alpha value is -2.15. The number of para-hydroxylation sites is 1. The number of carbonyl (C=O) groups excluding carboxylic acids is 1. The van der Waals surface area contributed by atoms with E-state index in [0.29, 0.717) is 17.7 Å². The first-order chi connectivity index (χ1) is 10.9. The second-order valence-electron chi connectivity index (χ2n) is 5.33. The fourth-order valence-corrected chi connectivity index (χ4v) is 3.12. The van der Waals surface area contributed by atoms with Gasteiger partial charge in [-0.2, -0.15) is 0 Å². The van der Waals surface area contributed by atoms with Gasteiger partial charge in [0.25, 0.3) is 0 Å². The predicted molar refractivity (Wildman–Crippen MR) is 91.9 cm³/mol. The number of rotatable bonds is 7. The molecule has 0 bridgehead atoms. The SMILES string of the molecule is CCCCNC(=O)CN(c1cccc2cccnc12)S(C)(=O)=O. The first kappa shape index (κ1) is 17.2. The molecule has 124 valence electrons. The summed E-state index contributed by atoms with van der Waals surface area (Å²) in [5.74, 6) is -0.322. The summed E-state index contributed by atoms with van der Waals surface area (Å²) in [5.41, 5.74) is 0.970. The van der Waals surface area contributed by atoms with E-state index in [9.17, 15) is 13.2 Å². The zero-order chi connectivity index (χ0) is 16.9. The summed E-state index contributed by atoms with van der Waals surface area (Å²) in [4.78, 5) is 16.3. The summed E-state index contributed by atoms with van der Waals surface area (Å²) < 4.78 is 25.4. The van der Waals surface area contributed by atoms with Gasteiger partial charge in [-0.3, -0.25) is 14.1 Å². The first-order valence-electron chi connectivity index (χ1n) is 7.51. The minimum atomic E-state index is -3.60. The first-order valence-corrected chi connectivity index (χ1v) is 9.36. The van der Waals surface area contributed by atoms with Crippen molar-refractivity contribution in [3.63, 3.8) is 0 Å². The van der Waals surface area contributed by atoms with Gasteiger partial charge >= 0.3 is 0 Å². The number of nitrogens with zero attached hydrogens (tertiary/aromatic N) is 2. The molecule has 0 radical (unpaired) electrons. The Morgan fingerprint density at radius 1 is 1.26 bits per heavy atom. The number of aromatic nitrogens is 1. The van der Waals surface area contributed by atoms with Crippen LogP contribution >= 0.6 is 0 Å². The molecule has 1 amide bonds. The molecule has 0 saturated heterocycles. The summed E-state index contributed by atoms with van der Waals surface area (Å²) in [6.45, 7) is 2.32. The number of nitrogens with one attached hydrogen (secondary N) is 1. The molecule has 0 aliphatic carbocycles. The molecule has 6 nitrogen and oxygen atoms in total. The average Bonchev–Trinajstić information content (AvgIpc) is 2.51. The lowest BCUT2D eigenvalue weighted by Gasteiger charge is -2.22. The maximum absolute atomic E-state index is 12.2. The fourth-order valence-electron chi connectivity index (χ4n) is 2.26. The van der Waals surface area contributed by atoms with E-state index in [-0.39, 0.29) is 12.5 Å². The van der Waals surface area contributed by atoms with Crippen molar-refractivity contribution < 1.29 is 13.2 Å². The zero-order valence-corrected chi connectivity index (χ0v) is 14.1. The third kappa shape index (κ3) is 4.41. The molecule has 7 heteroatoms. The third-order valence-corrected chi connectivity index (χ3v) is 4.55. The highest BCUT2D eigenvalue weighted by Gasteiger charge is 2.22. The molecule has 0 fully saturated rings.